The number of sulfonamides is 1. The van der Waals surface area contributed by atoms with Gasteiger partial charge in [-0.05, 0) is 77.2 Å². The van der Waals surface area contributed by atoms with Gasteiger partial charge in [0.05, 0.1) is 46.8 Å². The third-order valence-electron chi connectivity index (χ3n) is 13.4. The number of ether oxygens (including phenoxy) is 2. The number of hydrogen-bond acceptors (Lipinski definition) is 9. The Hall–Kier alpha value is -4.08. The number of benzene rings is 1. The van der Waals surface area contributed by atoms with E-state index in [1.54, 1.807) is 6.92 Å². The number of carbonyl (C=O) groups is 4. The Balaban J connectivity index is 1.11. The number of carbonyl (C=O) groups excluding carboxylic acids is 4. The molecule has 4 heterocycles. The van der Waals surface area contributed by atoms with E-state index in [1.165, 1.54) is 4.90 Å². The van der Waals surface area contributed by atoms with Crippen LogP contribution in [0.4, 0.5) is 17.6 Å². The van der Waals surface area contributed by atoms with Crippen molar-refractivity contribution in [3.05, 3.63) is 47.7 Å². The lowest BCUT2D eigenvalue weighted by atomic mass is 9.85. The average molecular weight is 818 g/mol. The van der Waals surface area contributed by atoms with Crippen LogP contribution in [0.2, 0.25) is 0 Å². The maximum absolute atomic E-state index is 14.7. The van der Waals surface area contributed by atoms with E-state index in [0.717, 1.165) is 16.5 Å². The summed E-state index contributed by atoms with van der Waals surface area (Å²) in [4.78, 5) is 62.6. The highest BCUT2D eigenvalue weighted by atomic mass is 32.2. The number of nitrogens with one attached hydrogen (secondary N) is 1. The van der Waals surface area contributed by atoms with Crippen molar-refractivity contribution in [2.24, 2.45) is 17.3 Å². The number of alkyl halides is 4. The Morgan fingerprint density at radius 1 is 1.04 bits per heavy atom. The van der Waals surface area contributed by atoms with E-state index in [2.05, 4.69) is 4.72 Å². The van der Waals surface area contributed by atoms with Crippen molar-refractivity contribution in [3.63, 3.8) is 0 Å². The summed E-state index contributed by atoms with van der Waals surface area (Å²) in [6, 6.07) is 6.51. The first-order valence-corrected chi connectivity index (χ1v) is 21.4. The predicted molar refractivity (Wildman–Crippen MR) is 198 cm³/mol. The Labute approximate surface area is 328 Å². The number of amides is 2. The van der Waals surface area contributed by atoms with Crippen molar-refractivity contribution in [1.29, 1.82) is 0 Å². The van der Waals surface area contributed by atoms with E-state index >= 15 is 0 Å². The van der Waals surface area contributed by atoms with Crippen LogP contribution in [0.1, 0.15) is 102 Å². The monoisotopic (exact) mass is 817 g/mol. The summed E-state index contributed by atoms with van der Waals surface area (Å²) in [5.74, 6) is -12.9. The second-order valence-corrected chi connectivity index (χ2v) is 19.7. The molecule has 1 spiro atoms. The number of para-hydroxylation sites is 1. The number of Topliss-reactive ketones (excluding diaryl/α,β-unsaturated/α-hetero) is 1. The highest BCUT2D eigenvalue weighted by Crippen LogP contribution is 2.58. The number of ketones is 1. The van der Waals surface area contributed by atoms with Crippen molar-refractivity contribution in [3.8, 4) is 5.75 Å². The van der Waals surface area contributed by atoms with E-state index in [0.29, 0.717) is 62.8 Å². The molecule has 3 aliphatic heterocycles. The summed E-state index contributed by atoms with van der Waals surface area (Å²) in [6.45, 7) is 3.31. The van der Waals surface area contributed by atoms with Gasteiger partial charge in [0.25, 0.3) is 0 Å². The number of halogens is 4. The van der Waals surface area contributed by atoms with Crippen LogP contribution in [0.25, 0.3) is 10.9 Å². The molecule has 3 aliphatic carbocycles. The Kier molecular flexibility index (Phi) is 9.59. The van der Waals surface area contributed by atoms with Gasteiger partial charge in [-0.25, -0.2) is 13.4 Å². The number of aryl methyl sites for hydroxylation is 2. The number of rotatable bonds is 6. The smallest absolute Gasteiger partial charge is 0.346 e. The molecule has 0 bridgehead atoms. The quantitative estimate of drug-likeness (QED) is 0.202. The Morgan fingerprint density at radius 3 is 2.51 bits per heavy atom. The fourth-order valence-electron chi connectivity index (χ4n) is 9.24. The van der Waals surface area contributed by atoms with Crippen molar-refractivity contribution in [1.82, 2.24) is 14.6 Å². The number of allylic oxidation sites excluding steroid dienone is 2. The van der Waals surface area contributed by atoms with Crippen molar-refractivity contribution in [2.45, 2.75) is 138 Å². The number of fused-ring (bicyclic) bond motifs is 5. The summed E-state index contributed by atoms with van der Waals surface area (Å²) in [7, 11) is -4.02. The third-order valence-corrected chi connectivity index (χ3v) is 15.6. The lowest BCUT2D eigenvalue weighted by Crippen LogP contribution is -2.63. The van der Waals surface area contributed by atoms with E-state index in [1.807, 2.05) is 43.3 Å². The van der Waals surface area contributed by atoms with Gasteiger partial charge in [0, 0.05) is 29.7 Å². The topological polar surface area (TPSA) is 149 Å². The SMILES string of the molecule is Cc1nc2ccccc2c2c1O[C@]1(CC2)C[C@H]2C(=O)C[C@]3(C(=O)NS(=O)(=O)C4(C)CC4)C[C@H]3/C=C\CCCCC[C@H](CC(=O)OC3CC(F)(F)C3(F)F)C(=O)N2C1. The second-order valence-electron chi connectivity index (χ2n) is 17.5. The van der Waals surface area contributed by atoms with E-state index in [9.17, 15) is 45.2 Å². The van der Waals surface area contributed by atoms with Gasteiger partial charge in [-0.3, -0.25) is 23.9 Å². The number of nitrogens with zero attached hydrogens (tertiary/aromatic N) is 2. The van der Waals surface area contributed by atoms with E-state index < -0.39 is 98.0 Å². The molecule has 8 rings (SSSR count). The van der Waals surface area contributed by atoms with Crippen LogP contribution in [0.3, 0.4) is 0 Å². The number of pyridine rings is 1. The van der Waals surface area contributed by atoms with E-state index in [4.69, 9.17) is 14.5 Å². The fourth-order valence-corrected chi connectivity index (χ4v) is 10.6. The first kappa shape index (κ1) is 39.7. The van der Waals surface area contributed by atoms with Gasteiger partial charge in [-0.1, -0.05) is 43.2 Å². The van der Waals surface area contributed by atoms with Gasteiger partial charge in [-0.15, -0.1) is 0 Å². The van der Waals surface area contributed by atoms with E-state index in [-0.39, 0.29) is 32.2 Å². The molecule has 1 N–H and O–H groups in total. The molecule has 1 aromatic carbocycles. The summed E-state index contributed by atoms with van der Waals surface area (Å²) in [6.07, 6.45) is 3.62. The fraction of sp³-hybridized carbons (Fsp3) is 0.634. The van der Waals surface area contributed by atoms with Crippen LogP contribution in [0.5, 0.6) is 5.75 Å². The first-order valence-electron chi connectivity index (χ1n) is 19.9. The van der Waals surface area contributed by atoms with Crippen molar-refractivity contribution in [2.75, 3.05) is 6.54 Å². The molecule has 11 nitrogen and oxygen atoms in total. The minimum atomic E-state index is -4.54. The maximum Gasteiger partial charge on any atom is 0.346 e. The van der Waals surface area contributed by atoms with Gasteiger partial charge in [-0.2, -0.15) is 17.6 Å². The normalized spacial score (nSPS) is 33.3. The molecular weight excluding hydrogens is 771 g/mol. The first-order chi connectivity index (χ1) is 26.8. The molecule has 57 heavy (non-hydrogen) atoms. The molecule has 1 unspecified atom stereocenters. The molecule has 6 atom stereocenters. The van der Waals surface area contributed by atoms with Gasteiger partial charge >= 0.3 is 17.8 Å². The highest BCUT2D eigenvalue weighted by molar-refractivity contribution is 7.91. The molecule has 2 amide bonds. The maximum atomic E-state index is 14.7. The second kappa shape index (κ2) is 13.8. The van der Waals surface area contributed by atoms with Crippen LogP contribution >= 0.6 is 0 Å². The molecule has 4 fully saturated rings. The standard InChI is InChI=1S/C41H47F4N3O8S/c1-24-34-28(27-12-8-9-13-29(27)46-24)14-15-38(56-34)20-30-31(49)21-39(36(52)47-57(53,54)37(2)16-17-37)19-26(39)11-7-5-3-4-6-10-25(35(51)48(30)23-38)18-33(50)55-32-22-40(42,43)41(32,44)45/h7-9,11-13,25-26,30,32H,3-6,10,14-23H2,1-2H3,(H,47,52)/b11-7-/t25-,26-,30+,32?,38-,39-/m1/s1. The van der Waals surface area contributed by atoms with Crippen molar-refractivity contribution < 1.29 is 54.6 Å². The third kappa shape index (κ3) is 6.90. The van der Waals surface area contributed by atoms with Crippen LogP contribution in [0, 0.1) is 24.2 Å². The number of hydrogen-bond donors (Lipinski definition) is 1. The van der Waals surface area contributed by atoms with Crippen LogP contribution in [-0.2, 0) is 40.4 Å². The average Bonchev–Trinajstić information content (AvgIpc) is 4.05. The van der Waals surface area contributed by atoms with Crippen LogP contribution in [0.15, 0.2) is 36.4 Å². The summed E-state index contributed by atoms with van der Waals surface area (Å²) < 4.78 is 94.6. The highest BCUT2D eigenvalue weighted by Gasteiger charge is 2.74. The van der Waals surface area contributed by atoms with Crippen LogP contribution < -0.4 is 9.46 Å². The number of aromatic nitrogens is 1. The molecule has 16 heteroatoms. The molecule has 0 radical (unpaired) electrons. The zero-order valence-electron chi connectivity index (χ0n) is 32.0. The molecule has 3 saturated carbocycles. The molecule has 1 aromatic heterocycles. The van der Waals surface area contributed by atoms with Crippen LogP contribution in [-0.4, -0.2) is 82.8 Å². The molecule has 308 valence electrons. The number of esters is 1. The van der Waals surface area contributed by atoms with Gasteiger partial charge in [0.2, 0.25) is 21.8 Å². The largest absolute Gasteiger partial charge is 0.483 e. The molecule has 6 aliphatic rings. The van der Waals surface area contributed by atoms with Crippen molar-refractivity contribution >= 4 is 44.5 Å². The van der Waals surface area contributed by atoms with Gasteiger partial charge in [0.1, 0.15) is 11.4 Å². The summed E-state index contributed by atoms with van der Waals surface area (Å²) in [5, 5.41) is 0.914. The Bertz CT molecular complexity index is 2180. The molecule has 2 aromatic rings. The minimum absolute atomic E-state index is 0.0401. The molecule has 1 saturated heterocycles. The Morgan fingerprint density at radius 2 is 1.79 bits per heavy atom. The summed E-state index contributed by atoms with van der Waals surface area (Å²) >= 11 is 0. The van der Waals surface area contributed by atoms with Gasteiger partial charge in [0.15, 0.2) is 11.9 Å². The lowest BCUT2D eigenvalue weighted by Gasteiger charge is -2.42. The zero-order chi connectivity index (χ0) is 40.8. The predicted octanol–water partition coefficient (Wildman–Crippen LogP) is 6.28. The van der Waals surface area contributed by atoms with Gasteiger partial charge < -0.3 is 14.4 Å². The molecular formula is C41H47F4N3O8S. The lowest BCUT2D eigenvalue weighted by molar-refractivity contribution is -0.333. The zero-order valence-corrected chi connectivity index (χ0v) is 32.8. The minimum Gasteiger partial charge on any atom is -0.483 e. The summed E-state index contributed by atoms with van der Waals surface area (Å²) in [5.41, 5.74) is -0.0766.